The Morgan fingerprint density at radius 1 is 1.06 bits per heavy atom. The summed E-state index contributed by atoms with van der Waals surface area (Å²) in [6.07, 6.45) is 3.85. The zero-order chi connectivity index (χ0) is 25.1. The third kappa shape index (κ3) is 4.55. The first-order chi connectivity index (χ1) is 17.6. The molecule has 9 heteroatoms. The fourth-order valence-electron chi connectivity index (χ4n) is 4.86. The van der Waals surface area contributed by atoms with Crippen molar-refractivity contribution in [2.24, 2.45) is 0 Å². The van der Waals surface area contributed by atoms with E-state index in [1.165, 1.54) is 11.1 Å². The average Bonchev–Trinajstić information content (AvgIpc) is 3.42. The van der Waals surface area contributed by atoms with Crippen LogP contribution in [0.5, 0.6) is 0 Å². The lowest BCUT2D eigenvalue weighted by Crippen LogP contribution is -2.39. The van der Waals surface area contributed by atoms with Gasteiger partial charge >= 0.3 is 0 Å². The number of pyridine rings is 1. The number of morpholine rings is 1. The Labute approximate surface area is 209 Å². The number of rotatable bonds is 7. The minimum Gasteiger partial charge on any atom is -0.507 e. The number of nitrogens with zero attached hydrogens (tertiary/aromatic N) is 5. The number of hydrogen-bond donors (Lipinski definition) is 1. The van der Waals surface area contributed by atoms with Gasteiger partial charge in [0.25, 0.3) is 11.7 Å². The fourth-order valence-corrected chi connectivity index (χ4v) is 4.86. The molecule has 1 atom stereocenters. The molecule has 2 aromatic heterocycles. The molecule has 3 aromatic rings. The van der Waals surface area contributed by atoms with E-state index in [2.05, 4.69) is 15.0 Å². The van der Waals surface area contributed by atoms with Crippen LogP contribution in [-0.2, 0) is 14.3 Å². The Hall–Kier alpha value is -3.82. The highest BCUT2D eigenvalue weighted by molar-refractivity contribution is 6.46. The highest BCUT2D eigenvalue weighted by Crippen LogP contribution is 2.39. The maximum Gasteiger partial charge on any atom is 0.295 e. The summed E-state index contributed by atoms with van der Waals surface area (Å²) in [5.74, 6) is -1.57. The van der Waals surface area contributed by atoms with E-state index in [0.29, 0.717) is 43.1 Å². The quantitative estimate of drug-likeness (QED) is 0.311. The summed E-state index contributed by atoms with van der Waals surface area (Å²) in [6.45, 7) is 6.11. The van der Waals surface area contributed by atoms with Crippen molar-refractivity contribution in [3.8, 4) is 5.69 Å². The third-order valence-electron chi connectivity index (χ3n) is 6.75. The molecule has 1 unspecified atom stereocenters. The smallest absolute Gasteiger partial charge is 0.295 e. The first-order valence-electron chi connectivity index (χ1n) is 12.2. The molecule has 1 amide bonds. The van der Waals surface area contributed by atoms with Crippen LogP contribution in [0.1, 0.15) is 29.4 Å². The molecule has 2 aliphatic heterocycles. The van der Waals surface area contributed by atoms with Gasteiger partial charge in [0.2, 0.25) is 0 Å². The fraction of sp³-hybridized carbons (Fsp3) is 0.333. The normalized spacial score (nSPS) is 20.2. The molecule has 2 fully saturated rings. The van der Waals surface area contributed by atoms with Gasteiger partial charge in [0, 0.05) is 32.4 Å². The first kappa shape index (κ1) is 23.9. The average molecular weight is 488 g/mol. The Bertz CT molecular complexity index is 1270. The number of ether oxygens (including phenoxy) is 1. The largest absolute Gasteiger partial charge is 0.507 e. The number of carbonyl (C=O) groups is 2. The molecule has 5 rings (SSSR count). The number of carbonyl (C=O) groups excluding carboxylic acids is 2. The van der Waals surface area contributed by atoms with Gasteiger partial charge in [0.1, 0.15) is 11.8 Å². The van der Waals surface area contributed by atoms with Crippen LogP contribution >= 0.6 is 0 Å². The summed E-state index contributed by atoms with van der Waals surface area (Å²) in [6, 6.07) is 14.1. The monoisotopic (exact) mass is 487 g/mol. The van der Waals surface area contributed by atoms with E-state index in [1.54, 1.807) is 23.0 Å². The number of aromatic nitrogens is 3. The number of para-hydroxylation sites is 1. The topological polar surface area (TPSA) is 101 Å². The van der Waals surface area contributed by atoms with E-state index >= 15 is 0 Å². The lowest BCUT2D eigenvalue weighted by Gasteiger charge is -2.28. The van der Waals surface area contributed by atoms with Gasteiger partial charge in [-0.15, -0.1) is 0 Å². The number of aliphatic hydroxyl groups excluding tert-OH is 1. The summed E-state index contributed by atoms with van der Waals surface area (Å²) >= 11 is 0. The molecule has 1 aromatic carbocycles. The van der Waals surface area contributed by atoms with Gasteiger partial charge in [0.05, 0.1) is 47.6 Å². The van der Waals surface area contributed by atoms with E-state index in [0.717, 1.165) is 25.3 Å². The summed E-state index contributed by atoms with van der Waals surface area (Å²) < 4.78 is 7.11. The lowest BCUT2D eigenvalue weighted by molar-refractivity contribution is -0.140. The molecule has 36 heavy (non-hydrogen) atoms. The van der Waals surface area contributed by atoms with E-state index in [-0.39, 0.29) is 11.3 Å². The number of aliphatic hydroxyl groups is 1. The van der Waals surface area contributed by atoms with Crippen molar-refractivity contribution in [3.05, 3.63) is 83.4 Å². The van der Waals surface area contributed by atoms with Gasteiger partial charge in [-0.2, -0.15) is 5.10 Å². The van der Waals surface area contributed by atoms with Crippen molar-refractivity contribution in [3.63, 3.8) is 0 Å². The minimum absolute atomic E-state index is 0.0424. The number of hydrogen-bond acceptors (Lipinski definition) is 7. The first-order valence-corrected chi connectivity index (χ1v) is 12.2. The van der Waals surface area contributed by atoms with Crippen LogP contribution in [-0.4, -0.2) is 80.8 Å². The summed E-state index contributed by atoms with van der Waals surface area (Å²) in [5.41, 5.74) is 2.49. The molecule has 0 saturated carbocycles. The molecule has 186 valence electrons. The summed E-state index contributed by atoms with van der Waals surface area (Å²) in [5, 5.41) is 15.8. The number of amides is 1. The van der Waals surface area contributed by atoms with Crippen molar-refractivity contribution in [2.45, 2.75) is 19.4 Å². The van der Waals surface area contributed by atoms with Crippen LogP contribution in [0.4, 0.5) is 0 Å². The van der Waals surface area contributed by atoms with Crippen LogP contribution in [0.25, 0.3) is 11.4 Å². The van der Waals surface area contributed by atoms with E-state index in [4.69, 9.17) is 4.74 Å². The molecule has 0 bridgehead atoms. The maximum atomic E-state index is 13.3. The second kappa shape index (κ2) is 10.4. The molecular weight excluding hydrogens is 458 g/mol. The van der Waals surface area contributed by atoms with Gasteiger partial charge in [-0.1, -0.05) is 24.3 Å². The molecule has 2 saturated heterocycles. The molecule has 1 N–H and O–H groups in total. The zero-order valence-corrected chi connectivity index (χ0v) is 20.2. The predicted octanol–water partition coefficient (Wildman–Crippen LogP) is 2.72. The maximum absolute atomic E-state index is 13.3. The van der Waals surface area contributed by atoms with E-state index in [1.807, 2.05) is 43.3 Å². The van der Waals surface area contributed by atoms with Gasteiger partial charge < -0.3 is 14.7 Å². The van der Waals surface area contributed by atoms with E-state index in [9.17, 15) is 14.7 Å². The highest BCUT2D eigenvalue weighted by atomic mass is 16.5. The molecule has 0 spiro atoms. The zero-order valence-electron chi connectivity index (χ0n) is 20.2. The second-order valence-corrected chi connectivity index (χ2v) is 8.95. The molecule has 2 aliphatic rings. The van der Waals surface area contributed by atoms with Crippen molar-refractivity contribution >= 4 is 17.4 Å². The van der Waals surface area contributed by atoms with Gasteiger partial charge in [-0.05, 0) is 37.6 Å². The molecule has 4 heterocycles. The number of ketones is 1. The van der Waals surface area contributed by atoms with Crippen LogP contribution in [0.15, 0.2) is 66.5 Å². The standard InChI is InChI=1S/C27H29N5O4/c1-19-21(18-29-32(19)20-8-3-2-4-9-20)25(33)23-24(22-10-5-6-11-28-22)31(27(35)26(23)34)13-7-12-30-14-16-36-17-15-30/h2-6,8-11,18,24,33H,7,12-17H2,1H3. The molecule has 0 aliphatic carbocycles. The highest BCUT2D eigenvalue weighted by Gasteiger charge is 2.46. The van der Waals surface area contributed by atoms with E-state index < -0.39 is 17.7 Å². The van der Waals surface area contributed by atoms with Crippen molar-refractivity contribution < 1.29 is 19.4 Å². The minimum atomic E-state index is -0.768. The van der Waals surface area contributed by atoms with Crippen molar-refractivity contribution in [2.75, 3.05) is 39.4 Å². The number of Topliss-reactive ketones (excluding diaryl/α,β-unsaturated/α-hetero) is 1. The molecule has 0 radical (unpaired) electrons. The van der Waals surface area contributed by atoms with Gasteiger partial charge in [0.15, 0.2) is 0 Å². The Morgan fingerprint density at radius 2 is 1.81 bits per heavy atom. The van der Waals surface area contributed by atoms with Crippen molar-refractivity contribution in [1.82, 2.24) is 24.6 Å². The van der Waals surface area contributed by atoms with Crippen LogP contribution in [0, 0.1) is 6.92 Å². The molecule has 9 nitrogen and oxygen atoms in total. The summed E-state index contributed by atoms with van der Waals surface area (Å²) in [7, 11) is 0. The van der Waals surface area contributed by atoms with Gasteiger partial charge in [-0.3, -0.25) is 19.5 Å². The van der Waals surface area contributed by atoms with Crippen LogP contribution < -0.4 is 0 Å². The Kier molecular flexibility index (Phi) is 6.92. The predicted molar refractivity (Wildman–Crippen MR) is 133 cm³/mol. The lowest BCUT2D eigenvalue weighted by atomic mass is 9.98. The SMILES string of the molecule is Cc1c(C(O)=C2C(=O)C(=O)N(CCCN3CCOCC3)C2c2ccccn2)cnn1-c1ccccc1. The third-order valence-corrected chi connectivity index (χ3v) is 6.75. The Balaban J connectivity index is 1.49. The Morgan fingerprint density at radius 3 is 2.53 bits per heavy atom. The van der Waals surface area contributed by atoms with Gasteiger partial charge in [-0.25, -0.2) is 4.68 Å². The van der Waals surface area contributed by atoms with Crippen molar-refractivity contribution in [1.29, 1.82) is 0 Å². The number of likely N-dealkylation sites (tertiary alicyclic amines) is 1. The van der Waals surface area contributed by atoms with Crippen LogP contribution in [0.3, 0.4) is 0 Å². The number of benzene rings is 1. The summed E-state index contributed by atoms with van der Waals surface area (Å²) in [4.78, 5) is 34.7. The van der Waals surface area contributed by atoms with Crippen LogP contribution in [0.2, 0.25) is 0 Å². The molecular formula is C27H29N5O4. The second-order valence-electron chi connectivity index (χ2n) is 8.95.